The van der Waals surface area contributed by atoms with Gasteiger partial charge in [-0.25, -0.2) is 0 Å². The smallest absolute Gasteiger partial charge is 0.178 e. The molecule has 0 aromatic carbocycles. The van der Waals surface area contributed by atoms with Crippen molar-refractivity contribution in [1.82, 2.24) is 4.90 Å². The van der Waals surface area contributed by atoms with Crippen LogP contribution >= 0.6 is 0 Å². The molecule has 164 valence electrons. The van der Waals surface area contributed by atoms with Crippen molar-refractivity contribution in [1.29, 1.82) is 0 Å². The Bertz CT molecular complexity index is 424. The predicted octanol–water partition coefficient (Wildman–Crippen LogP) is 5.15. The molecule has 4 heteroatoms. The van der Waals surface area contributed by atoms with Crippen LogP contribution in [0.5, 0.6) is 0 Å². The maximum Gasteiger partial charge on any atom is 0.178 e. The van der Waals surface area contributed by atoms with Crippen molar-refractivity contribution < 1.29 is 14.6 Å². The van der Waals surface area contributed by atoms with Gasteiger partial charge in [0.15, 0.2) is 6.29 Å². The predicted molar refractivity (Wildman–Crippen MR) is 116 cm³/mol. The number of nitrogens with zero attached hydrogens (tertiary/aromatic N) is 1. The molecular weight excluding hydrogens is 350 g/mol. The summed E-state index contributed by atoms with van der Waals surface area (Å²) < 4.78 is 12.1. The molecule has 1 N–H and O–H groups in total. The van der Waals surface area contributed by atoms with E-state index in [4.69, 9.17) is 9.47 Å². The molecule has 0 aromatic heterocycles. The van der Waals surface area contributed by atoms with Crippen molar-refractivity contribution in [2.45, 2.75) is 102 Å². The van der Waals surface area contributed by atoms with E-state index < -0.39 is 6.29 Å². The van der Waals surface area contributed by atoms with Gasteiger partial charge in [0.05, 0.1) is 12.2 Å². The lowest BCUT2D eigenvalue weighted by atomic mass is 9.84. The summed E-state index contributed by atoms with van der Waals surface area (Å²) in [6.07, 6.45) is 14.9. The van der Waals surface area contributed by atoms with Crippen molar-refractivity contribution in [3.05, 3.63) is 12.2 Å². The van der Waals surface area contributed by atoms with Gasteiger partial charge in [-0.2, -0.15) is 0 Å². The first kappa shape index (κ1) is 23.9. The lowest BCUT2D eigenvalue weighted by Crippen LogP contribution is -2.32. The lowest BCUT2D eigenvalue weighted by Gasteiger charge is -2.33. The van der Waals surface area contributed by atoms with E-state index in [1.54, 1.807) is 0 Å². The fourth-order valence-corrected chi connectivity index (χ4v) is 4.74. The Hall–Kier alpha value is -0.420. The van der Waals surface area contributed by atoms with Crippen LogP contribution in [0.4, 0.5) is 0 Å². The summed E-state index contributed by atoms with van der Waals surface area (Å²) in [6.45, 7) is 7.80. The molecule has 28 heavy (non-hydrogen) atoms. The second-order valence-electron chi connectivity index (χ2n) is 9.50. The number of aliphatic hydroxyl groups is 1. The standard InChI is InChI=1S/C24H45NO3/c1-5-6-7-8-20-9-13-22(14-10-20)27-18-21-11-15-23(16-12-21)28-24(26)19(2)17-25(3)4/h20-24,26H,2,5-18H2,1,3-4H3. The van der Waals surface area contributed by atoms with Crippen LogP contribution in [-0.2, 0) is 9.47 Å². The van der Waals surface area contributed by atoms with Gasteiger partial charge in [0.25, 0.3) is 0 Å². The minimum atomic E-state index is -0.840. The van der Waals surface area contributed by atoms with E-state index in [2.05, 4.69) is 13.5 Å². The summed E-state index contributed by atoms with van der Waals surface area (Å²) in [7, 11) is 3.95. The Balaban J connectivity index is 1.55. The Morgan fingerprint density at radius 1 is 0.964 bits per heavy atom. The quantitative estimate of drug-likeness (QED) is 0.282. The van der Waals surface area contributed by atoms with Gasteiger partial charge in [0.1, 0.15) is 0 Å². The topological polar surface area (TPSA) is 41.9 Å². The second-order valence-corrected chi connectivity index (χ2v) is 9.50. The molecule has 2 rings (SSSR count). The van der Waals surface area contributed by atoms with E-state index in [0.29, 0.717) is 18.6 Å². The molecule has 1 atom stereocenters. The zero-order chi connectivity index (χ0) is 20.4. The third kappa shape index (κ3) is 8.94. The first-order valence-electron chi connectivity index (χ1n) is 11.8. The van der Waals surface area contributed by atoms with Crippen molar-refractivity contribution >= 4 is 0 Å². The molecule has 0 aliphatic heterocycles. The fraction of sp³-hybridized carbons (Fsp3) is 0.917. The molecule has 0 amide bonds. The highest BCUT2D eigenvalue weighted by Crippen LogP contribution is 2.32. The second kappa shape index (κ2) is 13.0. The van der Waals surface area contributed by atoms with E-state index in [9.17, 15) is 5.11 Å². The summed E-state index contributed by atoms with van der Waals surface area (Å²) >= 11 is 0. The maximum absolute atomic E-state index is 10.2. The molecule has 0 aromatic rings. The highest BCUT2D eigenvalue weighted by Gasteiger charge is 2.27. The van der Waals surface area contributed by atoms with Gasteiger partial charge in [0, 0.05) is 13.2 Å². The van der Waals surface area contributed by atoms with E-state index in [0.717, 1.165) is 43.8 Å². The van der Waals surface area contributed by atoms with Crippen LogP contribution in [0, 0.1) is 11.8 Å². The Labute approximate surface area is 173 Å². The van der Waals surface area contributed by atoms with Crippen molar-refractivity contribution in [3.63, 3.8) is 0 Å². The molecule has 4 nitrogen and oxygen atoms in total. The van der Waals surface area contributed by atoms with Crippen molar-refractivity contribution in [2.75, 3.05) is 27.2 Å². The Morgan fingerprint density at radius 3 is 2.18 bits per heavy atom. The molecule has 1 unspecified atom stereocenters. The zero-order valence-electron chi connectivity index (χ0n) is 18.7. The first-order chi connectivity index (χ1) is 13.5. The number of rotatable bonds is 12. The minimum absolute atomic E-state index is 0.156. The zero-order valence-corrected chi connectivity index (χ0v) is 18.7. The molecule has 0 spiro atoms. The lowest BCUT2D eigenvalue weighted by molar-refractivity contribution is -0.128. The first-order valence-corrected chi connectivity index (χ1v) is 11.8. The van der Waals surface area contributed by atoms with E-state index >= 15 is 0 Å². The monoisotopic (exact) mass is 395 g/mol. The molecule has 0 heterocycles. The van der Waals surface area contributed by atoms with Crippen LogP contribution < -0.4 is 0 Å². The molecule has 2 fully saturated rings. The number of likely N-dealkylation sites (N-methyl/N-ethyl adjacent to an activating group) is 1. The van der Waals surface area contributed by atoms with Gasteiger partial charge in [-0.1, -0.05) is 39.2 Å². The van der Waals surface area contributed by atoms with Gasteiger partial charge in [-0.05, 0) is 82.9 Å². The summed E-state index contributed by atoms with van der Waals surface area (Å²) in [5.74, 6) is 1.61. The number of hydrogen-bond donors (Lipinski definition) is 1. The number of ether oxygens (including phenoxy) is 2. The SMILES string of the molecule is C=C(CN(C)C)C(O)OC1CCC(COC2CCC(CCCCC)CC2)CC1. The molecule has 2 aliphatic rings. The average Bonchev–Trinajstić information content (AvgIpc) is 2.68. The number of aliphatic hydroxyl groups excluding tert-OH is 1. The molecular formula is C24H45NO3. The van der Waals surface area contributed by atoms with Gasteiger partial charge >= 0.3 is 0 Å². The Kier molecular flexibility index (Phi) is 11.1. The van der Waals surface area contributed by atoms with Gasteiger partial charge < -0.3 is 19.5 Å². The summed E-state index contributed by atoms with van der Waals surface area (Å²) in [5.41, 5.74) is 0.737. The van der Waals surface area contributed by atoms with Crippen LogP contribution in [0.25, 0.3) is 0 Å². The van der Waals surface area contributed by atoms with Crippen LogP contribution in [-0.4, -0.2) is 55.8 Å². The normalized spacial score (nSPS) is 29.8. The maximum atomic E-state index is 10.2. The van der Waals surface area contributed by atoms with Gasteiger partial charge in [-0.3, -0.25) is 0 Å². The highest BCUT2D eigenvalue weighted by molar-refractivity contribution is 5.00. The third-order valence-electron chi connectivity index (χ3n) is 6.56. The highest BCUT2D eigenvalue weighted by atomic mass is 16.6. The average molecular weight is 396 g/mol. The van der Waals surface area contributed by atoms with E-state index in [1.165, 1.54) is 51.4 Å². The van der Waals surface area contributed by atoms with Gasteiger partial charge in [0.2, 0.25) is 0 Å². The van der Waals surface area contributed by atoms with E-state index in [1.807, 2.05) is 19.0 Å². The van der Waals surface area contributed by atoms with Crippen LogP contribution in [0.15, 0.2) is 12.2 Å². The molecule has 0 bridgehead atoms. The number of unbranched alkanes of at least 4 members (excludes halogenated alkanes) is 2. The molecule has 0 saturated heterocycles. The number of hydrogen-bond acceptors (Lipinski definition) is 4. The molecule has 2 saturated carbocycles. The van der Waals surface area contributed by atoms with Crippen molar-refractivity contribution in [2.24, 2.45) is 11.8 Å². The van der Waals surface area contributed by atoms with E-state index in [-0.39, 0.29) is 6.10 Å². The summed E-state index contributed by atoms with van der Waals surface area (Å²) in [5, 5.41) is 10.2. The molecule has 2 aliphatic carbocycles. The van der Waals surface area contributed by atoms with Crippen LogP contribution in [0.1, 0.15) is 84.0 Å². The van der Waals surface area contributed by atoms with Crippen LogP contribution in [0.3, 0.4) is 0 Å². The van der Waals surface area contributed by atoms with Crippen LogP contribution in [0.2, 0.25) is 0 Å². The van der Waals surface area contributed by atoms with Crippen molar-refractivity contribution in [3.8, 4) is 0 Å². The summed E-state index contributed by atoms with van der Waals surface area (Å²) in [6, 6.07) is 0. The van der Waals surface area contributed by atoms with Gasteiger partial charge in [-0.15, -0.1) is 0 Å². The summed E-state index contributed by atoms with van der Waals surface area (Å²) in [4.78, 5) is 2.00. The Morgan fingerprint density at radius 2 is 1.57 bits per heavy atom. The minimum Gasteiger partial charge on any atom is -0.378 e. The molecule has 0 radical (unpaired) electrons. The largest absolute Gasteiger partial charge is 0.378 e. The third-order valence-corrected chi connectivity index (χ3v) is 6.56. The fourth-order valence-electron chi connectivity index (χ4n) is 4.74.